The summed E-state index contributed by atoms with van der Waals surface area (Å²) in [4.78, 5) is 19.7. The van der Waals surface area contributed by atoms with Crippen molar-refractivity contribution >= 4 is 11.6 Å². The van der Waals surface area contributed by atoms with Crippen molar-refractivity contribution in [3.8, 4) is 17.4 Å². The van der Waals surface area contributed by atoms with Crippen LogP contribution in [0.2, 0.25) is 5.02 Å². The molecule has 0 fully saturated rings. The normalized spacial score (nSPS) is 11.1. The van der Waals surface area contributed by atoms with E-state index in [0.29, 0.717) is 4.68 Å². The van der Waals surface area contributed by atoms with Crippen molar-refractivity contribution in [1.82, 2.24) is 24.3 Å². The second-order valence-electron chi connectivity index (χ2n) is 4.76. The molecule has 2 heterocycles. The number of hydrogen-bond donors (Lipinski definition) is 0. The monoisotopic (exact) mass is 371 g/mol. The van der Waals surface area contributed by atoms with Crippen LogP contribution in [0.3, 0.4) is 0 Å². The molecular weight excluding hydrogens is 363 g/mol. The van der Waals surface area contributed by atoms with Crippen LogP contribution in [0, 0.1) is 12.7 Å². The van der Waals surface area contributed by atoms with Crippen molar-refractivity contribution in [2.45, 2.75) is 13.5 Å². The molecule has 0 unspecified atom stereocenters. The fraction of sp³-hybridized carbons (Fsp3) is 0.143. The van der Waals surface area contributed by atoms with Crippen LogP contribution in [0.1, 0.15) is 12.4 Å². The predicted octanol–water partition coefficient (Wildman–Crippen LogP) is 3.11. The summed E-state index contributed by atoms with van der Waals surface area (Å²) in [6.45, 7) is -1.90. The molecule has 0 spiro atoms. The number of nitrogens with zero attached hydrogens (tertiary/aromatic N) is 5. The van der Waals surface area contributed by atoms with Gasteiger partial charge in [-0.15, -0.1) is 5.10 Å². The van der Waals surface area contributed by atoms with E-state index in [2.05, 4.69) is 15.1 Å². The highest BCUT2D eigenvalue weighted by molar-refractivity contribution is 6.32. The minimum atomic E-state index is -3.11. The molecule has 2 aromatic heterocycles. The molecule has 0 aliphatic heterocycles. The summed E-state index contributed by atoms with van der Waals surface area (Å²) in [6.07, 6.45) is 2.83. The zero-order valence-corrected chi connectivity index (χ0v) is 13.3. The first-order valence-corrected chi connectivity index (χ1v) is 7.17. The molecule has 0 aliphatic rings. The van der Waals surface area contributed by atoms with Gasteiger partial charge >= 0.3 is 18.2 Å². The van der Waals surface area contributed by atoms with Gasteiger partial charge in [0.25, 0.3) is 0 Å². The van der Waals surface area contributed by atoms with E-state index in [1.807, 2.05) is 0 Å². The average Bonchev–Trinajstić information content (AvgIpc) is 2.85. The minimum absolute atomic E-state index is 0.0661. The third-order valence-corrected chi connectivity index (χ3v) is 3.44. The van der Waals surface area contributed by atoms with Crippen molar-refractivity contribution < 1.29 is 17.9 Å². The number of rotatable bonds is 4. The van der Waals surface area contributed by atoms with Crippen LogP contribution in [0.4, 0.5) is 13.2 Å². The van der Waals surface area contributed by atoms with Crippen molar-refractivity contribution in [3.63, 3.8) is 0 Å². The average molecular weight is 372 g/mol. The van der Waals surface area contributed by atoms with Gasteiger partial charge in [0.05, 0.1) is 5.02 Å². The molecule has 0 amide bonds. The van der Waals surface area contributed by atoms with E-state index in [-0.39, 0.29) is 27.2 Å². The summed E-state index contributed by atoms with van der Waals surface area (Å²) in [5, 5.41) is 3.54. The second kappa shape index (κ2) is 6.55. The predicted molar refractivity (Wildman–Crippen MR) is 80.9 cm³/mol. The van der Waals surface area contributed by atoms with Crippen LogP contribution < -0.4 is 10.4 Å². The van der Waals surface area contributed by atoms with Crippen molar-refractivity contribution in [3.05, 3.63) is 57.7 Å². The van der Waals surface area contributed by atoms with Gasteiger partial charge in [-0.25, -0.2) is 23.7 Å². The van der Waals surface area contributed by atoms with Crippen LogP contribution in [0.5, 0.6) is 11.8 Å². The van der Waals surface area contributed by atoms with Gasteiger partial charge in [0.2, 0.25) is 0 Å². The number of ether oxygens (including phenoxy) is 1. The maximum Gasteiger partial charge on any atom is 0.355 e. The van der Waals surface area contributed by atoms with Crippen LogP contribution in [0.15, 0.2) is 35.4 Å². The van der Waals surface area contributed by atoms with E-state index in [0.717, 1.165) is 12.1 Å². The van der Waals surface area contributed by atoms with Gasteiger partial charge in [-0.1, -0.05) is 11.6 Å². The van der Waals surface area contributed by atoms with E-state index >= 15 is 0 Å². The third-order valence-electron chi connectivity index (χ3n) is 3.15. The molecule has 0 radical (unpaired) electrons. The number of alkyl halides is 2. The Balaban J connectivity index is 2.10. The third kappa shape index (κ3) is 3.20. The Bertz CT molecular complexity index is 975. The Morgan fingerprint density at radius 3 is 2.52 bits per heavy atom. The number of aryl methyl sites for hydroxylation is 1. The van der Waals surface area contributed by atoms with Crippen molar-refractivity contribution in [2.75, 3.05) is 0 Å². The molecule has 0 atom stereocenters. The standard InChI is InChI=1S/C14H9ClF3N5O2/c1-7-21-23(14(24)22(7)12(17)18)10-6-11(8(15)5-9(10)16)25-13-19-3-2-4-20-13/h2-6,12H,1H3. The maximum absolute atomic E-state index is 14.2. The van der Waals surface area contributed by atoms with E-state index in [1.165, 1.54) is 19.3 Å². The Morgan fingerprint density at radius 1 is 1.24 bits per heavy atom. The second-order valence-corrected chi connectivity index (χ2v) is 5.16. The molecule has 7 nitrogen and oxygen atoms in total. The molecule has 0 saturated heterocycles. The van der Waals surface area contributed by atoms with Gasteiger partial charge in [-0.3, -0.25) is 0 Å². The summed E-state index contributed by atoms with van der Waals surface area (Å²) in [7, 11) is 0. The van der Waals surface area contributed by atoms with Crippen molar-refractivity contribution in [1.29, 1.82) is 0 Å². The topological polar surface area (TPSA) is 74.8 Å². The van der Waals surface area contributed by atoms with E-state index in [9.17, 15) is 18.0 Å². The molecule has 1 aromatic carbocycles. The summed E-state index contributed by atoms with van der Waals surface area (Å²) in [5.41, 5.74) is -1.60. The lowest BCUT2D eigenvalue weighted by Gasteiger charge is -2.09. The molecule has 25 heavy (non-hydrogen) atoms. The highest BCUT2D eigenvalue weighted by atomic mass is 35.5. The molecule has 11 heteroatoms. The van der Waals surface area contributed by atoms with E-state index in [1.54, 1.807) is 6.07 Å². The molecule has 130 valence electrons. The zero-order valence-electron chi connectivity index (χ0n) is 12.5. The lowest BCUT2D eigenvalue weighted by atomic mass is 10.3. The zero-order chi connectivity index (χ0) is 18.1. The van der Waals surface area contributed by atoms with Gasteiger partial charge < -0.3 is 4.74 Å². The fourth-order valence-corrected chi connectivity index (χ4v) is 2.24. The highest BCUT2D eigenvalue weighted by Crippen LogP contribution is 2.31. The number of benzene rings is 1. The van der Waals surface area contributed by atoms with Gasteiger partial charge in [-0.05, 0) is 19.1 Å². The first kappa shape index (κ1) is 17.0. The van der Waals surface area contributed by atoms with E-state index in [4.69, 9.17) is 16.3 Å². The molecular formula is C14H9ClF3N5O2. The molecule has 3 aromatic rings. The lowest BCUT2D eigenvalue weighted by Crippen LogP contribution is -2.25. The van der Waals surface area contributed by atoms with Crippen LogP contribution >= 0.6 is 11.6 Å². The number of halogens is 4. The van der Waals surface area contributed by atoms with Crippen molar-refractivity contribution in [2.24, 2.45) is 0 Å². The van der Waals surface area contributed by atoms with Gasteiger partial charge in [0.1, 0.15) is 11.5 Å². The van der Waals surface area contributed by atoms with E-state index < -0.39 is 23.7 Å². The molecule has 3 rings (SSSR count). The van der Waals surface area contributed by atoms with Crippen LogP contribution in [-0.4, -0.2) is 24.3 Å². The Hall–Kier alpha value is -2.88. The summed E-state index contributed by atoms with van der Waals surface area (Å²) >= 11 is 5.91. The SMILES string of the molecule is Cc1nn(-c2cc(Oc3ncccn3)c(Cl)cc2F)c(=O)n1C(F)F. The fourth-order valence-electron chi connectivity index (χ4n) is 2.05. The maximum atomic E-state index is 14.2. The summed E-state index contributed by atoms with van der Waals surface area (Å²) in [6, 6.07) is 3.42. The Labute approximate surface area is 143 Å². The lowest BCUT2D eigenvalue weighted by molar-refractivity contribution is 0.0640. The highest BCUT2D eigenvalue weighted by Gasteiger charge is 2.21. The molecule has 0 aliphatic carbocycles. The molecule has 0 N–H and O–H groups in total. The first-order chi connectivity index (χ1) is 11.9. The minimum Gasteiger partial charge on any atom is -0.423 e. The summed E-state index contributed by atoms with van der Waals surface area (Å²) < 4.78 is 46.0. The van der Waals surface area contributed by atoms with Gasteiger partial charge in [0.15, 0.2) is 11.6 Å². The van der Waals surface area contributed by atoms with Gasteiger partial charge in [-0.2, -0.15) is 13.5 Å². The van der Waals surface area contributed by atoms with Gasteiger partial charge in [0, 0.05) is 18.5 Å². The molecule has 0 saturated carbocycles. The molecule has 0 bridgehead atoms. The number of hydrogen-bond acceptors (Lipinski definition) is 5. The Kier molecular flexibility index (Phi) is 4.45. The smallest absolute Gasteiger partial charge is 0.355 e. The van der Waals surface area contributed by atoms with Crippen LogP contribution in [0.25, 0.3) is 5.69 Å². The Morgan fingerprint density at radius 2 is 1.92 bits per heavy atom. The summed E-state index contributed by atoms with van der Waals surface area (Å²) in [5.74, 6) is -1.28. The largest absolute Gasteiger partial charge is 0.423 e. The first-order valence-electron chi connectivity index (χ1n) is 6.79. The van der Waals surface area contributed by atoms with Crippen LogP contribution in [-0.2, 0) is 0 Å². The number of aromatic nitrogens is 5. The quantitative estimate of drug-likeness (QED) is 0.704.